The van der Waals surface area contributed by atoms with Gasteiger partial charge in [-0.1, -0.05) is 27.7 Å². The highest BCUT2D eigenvalue weighted by atomic mass is 16.6. The van der Waals surface area contributed by atoms with E-state index in [1.54, 1.807) is 13.8 Å². The van der Waals surface area contributed by atoms with E-state index < -0.39 is 41.5 Å². The van der Waals surface area contributed by atoms with Crippen molar-refractivity contribution >= 4 is 12.1 Å². The summed E-state index contributed by atoms with van der Waals surface area (Å²) in [5.74, 6) is 0.356. The summed E-state index contributed by atoms with van der Waals surface area (Å²) in [7, 11) is 0. The lowest BCUT2D eigenvalue weighted by atomic mass is 9.43. The zero-order valence-electron chi connectivity index (χ0n) is 31.0. The van der Waals surface area contributed by atoms with Crippen LogP contribution in [0.4, 0.5) is 4.79 Å². The van der Waals surface area contributed by atoms with Crippen LogP contribution in [0.15, 0.2) is 0 Å². The second-order valence-electron chi connectivity index (χ2n) is 18.7. The number of hydrogen-bond acceptors (Lipinski definition) is 10. The molecule has 0 bridgehead atoms. The number of nitrogens with zero attached hydrogens (tertiary/aromatic N) is 1. The summed E-state index contributed by atoms with van der Waals surface area (Å²) in [6.07, 6.45) is 4.39. The molecule has 5 aliphatic carbocycles. The van der Waals surface area contributed by atoms with E-state index >= 15 is 0 Å². The number of carbonyl (C=O) groups excluding carboxylic acids is 2. The number of carbonyl (C=O) groups is 2. The third-order valence-electron chi connectivity index (χ3n) is 15.6. The molecule has 11 heteroatoms. The van der Waals surface area contributed by atoms with E-state index in [1.165, 1.54) is 6.92 Å². The van der Waals surface area contributed by atoms with Crippen LogP contribution in [-0.4, -0.2) is 108 Å². The Balaban J connectivity index is 1.07. The Hall–Kier alpha value is -1.50. The lowest BCUT2D eigenvalue weighted by Crippen LogP contribution is -2.70. The van der Waals surface area contributed by atoms with Gasteiger partial charge in [0.25, 0.3) is 0 Å². The normalized spacial score (nSPS) is 47.7. The molecule has 13 atom stereocenters. The van der Waals surface area contributed by atoms with Crippen LogP contribution in [0.5, 0.6) is 0 Å². The first-order chi connectivity index (χ1) is 22.9. The maximum atomic E-state index is 13.0. The van der Waals surface area contributed by atoms with Crippen molar-refractivity contribution in [3.8, 4) is 0 Å². The third kappa shape index (κ3) is 5.24. The highest BCUT2D eigenvalue weighted by Crippen LogP contribution is 2.87. The standard InChI is InChI=1S/C38H63N3O8/c1-22-20-24(31(34(5,6)45)47-23(2)42)48-29-28(22)35(7)12-13-37-21-36(37)11-10-27(49-32(44)40-14-15-41-16-18-46-19-17-41)33(3,4)25(36)8-9-26(37)38(35,39)30(29)43/h22,24-31,43,45H,8-21,39H2,1-7H3,(H,40,44). The molecule has 5 saturated carbocycles. The van der Waals surface area contributed by atoms with Crippen molar-refractivity contribution in [1.82, 2.24) is 10.2 Å². The fourth-order valence-electron chi connectivity index (χ4n) is 13.5. The summed E-state index contributed by atoms with van der Waals surface area (Å²) in [5, 5.41) is 26.4. The second kappa shape index (κ2) is 12.0. The smallest absolute Gasteiger partial charge is 0.407 e. The van der Waals surface area contributed by atoms with Gasteiger partial charge in [-0.25, -0.2) is 4.79 Å². The van der Waals surface area contributed by atoms with Crippen molar-refractivity contribution in [2.75, 3.05) is 39.4 Å². The molecule has 0 aromatic heterocycles. The minimum Gasteiger partial charge on any atom is -0.457 e. The Labute approximate surface area is 292 Å². The van der Waals surface area contributed by atoms with E-state index in [-0.39, 0.29) is 51.6 Å². The maximum Gasteiger partial charge on any atom is 0.407 e. The molecule has 49 heavy (non-hydrogen) atoms. The van der Waals surface area contributed by atoms with Gasteiger partial charge in [0.05, 0.1) is 42.7 Å². The van der Waals surface area contributed by atoms with Crippen molar-refractivity contribution in [2.24, 2.45) is 51.1 Å². The van der Waals surface area contributed by atoms with Crippen LogP contribution in [0.2, 0.25) is 0 Å². The van der Waals surface area contributed by atoms with Crippen molar-refractivity contribution in [1.29, 1.82) is 0 Å². The van der Waals surface area contributed by atoms with Gasteiger partial charge >= 0.3 is 12.1 Å². The van der Waals surface area contributed by atoms with Crippen molar-refractivity contribution < 1.29 is 38.7 Å². The van der Waals surface area contributed by atoms with E-state index in [0.717, 1.165) is 77.8 Å². The lowest BCUT2D eigenvalue weighted by molar-refractivity contribution is -0.216. The number of aliphatic hydroxyl groups is 2. The van der Waals surface area contributed by atoms with Crippen molar-refractivity contribution in [3.63, 3.8) is 0 Å². The molecule has 2 aliphatic heterocycles. The predicted molar refractivity (Wildman–Crippen MR) is 182 cm³/mol. The molecule has 0 radical (unpaired) electrons. The molecule has 11 nitrogen and oxygen atoms in total. The SMILES string of the molecule is CC(=O)OC(C1CC(C)C2C(O1)C(O)C1(N)C3CCC4C(C)(C)C(OC(=O)NCCN5CCOCC5)CCC45CC35CCC21C)C(C)(C)O. The minimum atomic E-state index is -1.30. The van der Waals surface area contributed by atoms with Crippen LogP contribution in [0.25, 0.3) is 0 Å². The Morgan fingerprint density at radius 1 is 1.06 bits per heavy atom. The largest absolute Gasteiger partial charge is 0.457 e. The van der Waals surface area contributed by atoms with Gasteiger partial charge in [0, 0.05) is 38.5 Å². The molecule has 7 fully saturated rings. The highest BCUT2D eigenvalue weighted by molar-refractivity contribution is 5.67. The topological polar surface area (TPSA) is 153 Å². The molecule has 13 unspecified atom stereocenters. The van der Waals surface area contributed by atoms with E-state index in [1.807, 2.05) is 0 Å². The number of alkyl carbamates (subject to hydrolysis) is 1. The van der Waals surface area contributed by atoms with Crippen molar-refractivity contribution in [2.45, 2.75) is 141 Å². The maximum absolute atomic E-state index is 13.0. The van der Waals surface area contributed by atoms with Crippen LogP contribution >= 0.6 is 0 Å². The summed E-state index contributed by atoms with van der Waals surface area (Å²) in [5.41, 5.74) is 5.35. The fraction of sp³-hybridized carbons (Fsp3) is 0.947. The van der Waals surface area contributed by atoms with E-state index in [0.29, 0.717) is 18.9 Å². The Kier molecular flexibility index (Phi) is 8.80. The van der Waals surface area contributed by atoms with Crippen molar-refractivity contribution in [3.05, 3.63) is 0 Å². The van der Waals surface area contributed by atoms with Gasteiger partial charge in [0.15, 0.2) is 6.10 Å². The van der Waals surface area contributed by atoms with Gasteiger partial charge in [-0.15, -0.1) is 0 Å². The first kappa shape index (κ1) is 35.9. The number of aliphatic hydroxyl groups excluding tert-OH is 1. The molecule has 7 aliphatic rings. The van der Waals surface area contributed by atoms with E-state index in [2.05, 4.69) is 37.9 Å². The van der Waals surface area contributed by atoms with Crippen LogP contribution in [-0.2, 0) is 23.7 Å². The number of nitrogens with one attached hydrogen (secondary N) is 1. The predicted octanol–water partition coefficient (Wildman–Crippen LogP) is 3.62. The van der Waals surface area contributed by atoms with Crippen LogP contribution < -0.4 is 11.1 Å². The van der Waals surface area contributed by atoms with Gasteiger partial charge < -0.3 is 40.2 Å². The Morgan fingerprint density at radius 2 is 1.73 bits per heavy atom. The number of rotatable bonds is 7. The third-order valence-corrected chi connectivity index (χ3v) is 15.6. The first-order valence-corrected chi connectivity index (χ1v) is 19.2. The average molecular weight is 690 g/mol. The van der Waals surface area contributed by atoms with E-state index in [9.17, 15) is 19.8 Å². The zero-order chi connectivity index (χ0) is 35.4. The molecule has 2 heterocycles. The number of esters is 1. The molecule has 7 rings (SSSR count). The number of hydrogen-bond donors (Lipinski definition) is 4. The summed E-state index contributed by atoms with van der Waals surface area (Å²) >= 11 is 0. The van der Waals surface area contributed by atoms with Crippen LogP contribution in [0.3, 0.4) is 0 Å². The number of fused-ring (bicyclic) bond motifs is 4. The molecular weight excluding hydrogens is 626 g/mol. The average Bonchev–Trinajstić information content (AvgIpc) is 3.66. The number of amides is 1. The Morgan fingerprint density at radius 3 is 2.41 bits per heavy atom. The zero-order valence-corrected chi connectivity index (χ0v) is 31.0. The van der Waals surface area contributed by atoms with Gasteiger partial charge in [-0.3, -0.25) is 9.69 Å². The fourth-order valence-corrected chi connectivity index (χ4v) is 13.5. The minimum absolute atomic E-state index is 0.0654. The molecule has 5 N–H and O–H groups in total. The highest BCUT2D eigenvalue weighted by Gasteiger charge is 2.85. The lowest BCUT2D eigenvalue weighted by Gasteiger charge is -2.63. The molecule has 278 valence electrons. The monoisotopic (exact) mass is 689 g/mol. The van der Waals surface area contributed by atoms with Gasteiger partial charge in [0.2, 0.25) is 0 Å². The first-order valence-electron chi connectivity index (χ1n) is 19.2. The molecular formula is C38H63N3O8. The van der Waals surface area contributed by atoms with Gasteiger partial charge in [0.1, 0.15) is 6.10 Å². The van der Waals surface area contributed by atoms with E-state index in [4.69, 9.17) is 24.7 Å². The second-order valence-corrected chi connectivity index (χ2v) is 18.7. The molecule has 1 amide bonds. The van der Waals surface area contributed by atoms with Crippen LogP contribution in [0.1, 0.15) is 99.8 Å². The summed E-state index contributed by atoms with van der Waals surface area (Å²) in [6.45, 7) is 18.4. The number of nitrogens with two attached hydrogens (primary N) is 1. The van der Waals surface area contributed by atoms with Crippen LogP contribution in [0, 0.1) is 45.3 Å². The van der Waals surface area contributed by atoms with Gasteiger partial charge in [-0.05, 0) is 105 Å². The summed E-state index contributed by atoms with van der Waals surface area (Å²) < 4.78 is 24.0. The molecule has 0 aromatic rings. The summed E-state index contributed by atoms with van der Waals surface area (Å²) in [6, 6.07) is 0. The molecule has 0 aromatic carbocycles. The number of morpholine rings is 1. The van der Waals surface area contributed by atoms with Gasteiger partial charge in [-0.2, -0.15) is 0 Å². The molecule has 2 spiro atoms. The number of ether oxygens (including phenoxy) is 4. The quantitative estimate of drug-likeness (QED) is 0.292. The Bertz CT molecular complexity index is 1300. The molecule has 2 saturated heterocycles. The summed E-state index contributed by atoms with van der Waals surface area (Å²) in [4.78, 5) is 27.4.